The lowest BCUT2D eigenvalue weighted by Gasteiger charge is -2.34. The van der Waals surface area contributed by atoms with Crippen LogP contribution >= 0.6 is 11.6 Å². The summed E-state index contributed by atoms with van der Waals surface area (Å²) in [4.78, 5) is 25.7. The van der Waals surface area contributed by atoms with Crippen LogP contribution in [0.25, 0.3) is 0 Å². The van der Waals surface area contributed by atoms with Crippen LogP contribution in [0.5, 0.6) is 0 Å². The lowest BCUT2D eigenvalue weighted by atomic mass is 9.76. The summed E-state index contributed by atoms with van der Waals surface area (Å²) in [6.45, 7) is 5.95. The van der Waals surface area contributed by atoms with E-state index in [-0.39, 0.29) is 17.6 Å². The minimum absolute atomic E-state index is 0.146. The SMILES string of the molecule is CCCC1C(C(=O)Nc2cc(C)ccc2Cl)=C(C)NC2=C1C(=O)CCC2. The monoisotopic (exact) mass is 372 g/mol. The van der Waals surface area contributed by atoms with Crippen molar-refractivity contribution in [1.29, 1.82) is 0 Å². The van der Waals surface area contributed by atoms with Crippen LogP contribution in [-0.2, 0) is 9.59 Å². The van der Waals surface area contributed by atoms with E-state index >= 15 is 0 Å². The number of amides is 1. The molecule has 26 heavy (non-hydrogen) atoms. The standard InChI is InChI=1S/C21H25ClN2O2/c1-4-6-14-19(13(3)23-16-7-5-8-18(25)20(14)16)21(26)24-17-11-12(2)9-10-15(17)22/h9-11,14,23H,4-8H2,1-3H3,(H,24,26). The van der Waals surface area contributed by atoms with Gasteiger partial charge in [-0.3, -0.25) is 9.59 Å². The summed E-state index contributed by atoms with van der Waals surface area (Å²) < 4.78 is 0. The summed E-state index contributed by atoms with van der Waals surface area (Å²) in [7, 11) is 0. The van der Waals surface area contributed by atoms with E-state index in [0.717, 1.165) is 48.2 Å². The van der Waals surface area contributed by atoms with Crippen molar-refractivity contribution in [2.45, 2.75) is 52.9 Å². The Kier molecular flexibility index (Phi) is 5.52. The largest absolute Gasteiger partial charge is 0.362 e. The van der Waals surface area contributed by atoms with Crippen molar-refractivity contribution in [1.82, 2.24) is 5.32 Å². The molecule has 0 bridgehead atoms. The fourth-order valence-corrected chi connectivity index (χ4v) is 4.09. The molecule has 0 spiro atoms. The van der Waals surface area contributed by atoms with Gasteiger partial charge in [-0.05, 0) is 50.8 Å². The normalized spacial score (nSPS) is 20.0. The van der Waals surface area contributed by atoms with Crippen molar-refractivity contribution in [2.24, 2.45) is 5.92 Å². The van der Waals surface area contributed by atoms with Crippen molar-refractivity contribution in [2.75, 3.05) is 5.32 Å². The average molecular weight is 373 g/mol. The van der Waals surface area contributed by atoms with Gasteiger partial charge in [-0.15, -0.1) is 0 Å². The Labute approximate surface area is 159 Å². The molecule has 138 valence electrons. The number of hydrogen-bond donors (Lipinski definition) is 2. The molecule has 0 fully saturated rings. The summed E-state index contributed by atoms with van der Waals surface area (Å²) in [6, 6.07) is 5.54. The molecule has 2 aliphatic rings. The van der Waals surface area contributed by atoms with Crippen LogP contribution < -0.4 is 10.6 Å². The molecule has 0 aromatic heterocycles. The number of dihydropyridines is 1. The van der Waals surface area contributed by atoms with E-state index in [1.165, 1.54) is 0 Å². The Balaban J connectivity index is 1.95. The number of nitrogens with one attached hydrogen (secondary N) is 2. The first-order chi connectivity index (χ1) is 12.4. The number of carbonyl (C=O) groups excluding carboxylic acids is 2. The Morgan fingerprint density at radius 2 is 2.08 bits per heavy atom. The highest BCUT2D eigenvalue weighted by molar-refractivity contribution is 6.34. The van der Waals surface area contributed by atoms with Crippen LogP contribution in [0.3, 0.4) is 0 Å². The Bertz CT molecular complexity index is 823. The predicted octanol–water partition coefficient (Wildman–Crippen LogP) is 4.89. The number of anilines is 1. The quantitative estimate of drug-likeness (QED) is 0.791. The van der Waals surface area contributed by atoms with Crippen molar-refractivity contribution < 1.29 is 9.59 Å². The second-order valence-electron chi connectivity index (χ2n) is 7.11. The number of carbonyl (C=O) groups is 2. The van der Waals surface area contributed by atoms with E-state index in [4.69, 9.17) is 11.6 Å². The predicted molar refractivity (Wildman–Crippen MR) is 105 cm³/mol. The molecule has 1 amide bonds. The summed E-state index contributed by atoms with van der Waals surface area (Å²) in [5, 5.41) is 6.78. The van der Waals surface area contributed by atoms with E-state index < -0.39 is 0 Å². The fraction of sp³-hybridized carbons (Fsp3) is 0.429. The molecule has 1 heterocycles. The molecule has 3 rings (SSSR count). The minimum atomic E-state index is -0.189. The van der Waals surface area contributed by atoms with Crippen LogP contribution in [0.4, 0.5) is 5.69 Å². The van der Waals surface area contributed by atoms with Gasteiger partial charge in [-0.25, -0.2) is 0 Å². The molecule has 4 nitrogen and oxygen atoms in total. The van der Waals surface area contributed by atoms with E-state index in [2.05, 4.69) is 17.6 Å². The smallest absolute Gasteiger partial charge is 0.254 e. The van der Waals surface area contributed by atoms with E-state index in [1.807, 2.05) is 26.0 Å². The van der Waals surface area contributed by atoms with Gasteiger partial charge in [0.05, 0.1) is 10.7 Å². The average Bonchev–Trinajstić information content (AvgIpc) is 2.58. The zero-order valence-corrected chi connectivity index (χ0v) is 16.3. The number of Topliss-reactive ketones (excluding diaryl/α,β-unsaturated/α-hetero) is 1. The molecular formula is C21H25ClN2O2. The van der Waals surface area contributed by atoms with Crippen LogP contribution in [0, 0.1) is 12.8 Å². The lowest BCUT2D eigenvalue weighted by molar-refractivity contribution is -0.116. The van der Waals surface area contributed by atoms with Gasteiger partial charge in [0.2, 0.25) is 0 Å². The molecule has 2 N–H and O–H groups in total. The lowest BCUT2D eigenvalue weighted by Crippen LogP contribution is -2.36. The first-order valence-electron chi connectivity index (χ1n) is 9.24. The second-order valence-corrected chi connectivity index (χ2v) is 7.52. The third-order valence-electron chi connectivity index (χ3n) is 5.09. The van der Waals surface area contributed by atoms with Crippen molar-refractivity contribution in [3.05, 3.63) is 51.3 Å². The highest BCUT2D eigenvalue weighted by Gasteiger charge is 2.36. The molecule has 1 unspecified atom stereocenters. The zero-order chi connectivity index (χ0) is 18.8. The van der Waals surface area contributed by atoms with Gasteiger partial charge >= 0.3 is 0 Å². The van der Waals surface area contributed by atoms with Crippen LogP contribution in [0.15, 0.2) is 40.7 Å². The van der Waals surface area contributed by atoms with E-state index in [0.29, 0.717) is 22.7 Å². The van der Waals surface area contributed by atoms with Gasteiger partial charge in [0.1, 0.15) is 0 Å². The number of benzene rings is 1. The van der Waals surface area contributed by atoms with E-state index in [9.17, 15) is 9.59 Å². The first kappa shape index (κ1) is 18.7. The molecule has 1 atom stereocenters. The zero-order valence-electron chi connectivity index (χ0n) is 15.5. The number of allylic oxidation sites excluding steroid dienone is 3. The Morgan fingerprint density at radius 1 is 1.31 bits per heavy atom. The maximum absolute atomic E-state index is 13.1. The molecule has 0 radical (unpaired) electrons. The maximum atomic E-state index is 13.1. The van der Waals surface area contributed by atoms with Crippen LogP contribution in [0.2, 0.25) is 5.02 Å². The molecule has 5 heteroatoms. The van der Waals surface area contributed by atoms with Gasteiger partial charge in [-0.2, -0.15) is 0 Å². The number of rotatable bonds is 4. The van der Waals surface area contributed by atoms with Gasteiger partial charge in [0.15, 0.2) is 5.78 Å². The molecule has 1 aliphatic heterocycles. The number of hydrogen-bond acceptors (Lipinski definition) is 3. The third-order valence-corrected chi connectivity index (χ3v) is 5.42. The molecule has 0 saturated heterocycles. The molecule has 1 aliphatic carbocycles. The summed E-state index contributed by atoms with van der Waals surface area (Å²) in [5.74, 6) is -0.165. The minimum Gasteiger partial charge on any atom is -0.362 e. The highest BCUT2D eigenvalue weighted by Crippen LogP contribution is 2.38. The van der Waals surface area contributed by atoms with Gasteiger partial charge in [0, 0.05) is 34.9 Å². The molecule has 1 aromatic rings. The number of ketones is 1. The second kappa shape index (κ2) is 7.67. The Morgan fingerprint density at radius 3 is 2.81 bits per heavy atom. The summed E-state index contributed by atoms with van der Waals surface area (Å²) in [6.07, 6.45) is 4.00. The summed E-state index contributed by atoms with van der Waals surface area (Å²) >= 11 is 6.24. The molecule has 0 saturated carbocycles. The number of halogens is 1. The van der Waals surface area contributed by atoms with Gasteiger partial charge in [0.25, 0.3) is 5.91 Å². The number of aryl methyl sites for hydroxylation is 1. The van der Waals surface area contributed by atoms with Crippen LogP contribution in [-0.4, -0.2) is 11.7 Å². The van der Waals surface area contributed by atoms with Crippen LogP contribution in [0.1, 0.15) is 51.5 Å². The Hall–Kier alpha value is -2.07. The fourth-order valence-electron chi connectivity index (χ4n) is 3.93. The van der Waals surface area contributed by atoms with Crippen molar-refractivity contribution in [3.63, 3.8) is 0 Å². The molecule has 1 aromatic carbocycles. The first-order valence-corrected chi connectivity index (χ1v) is 9.61. The molecular weight excluding hydrogens is 348 g/mol. The maximum Gasteiger partial charge on any atom is 0.254 e. The van der Waals surface area contributed by atoms with Gasteiger partial charge in [-0.1, -0.05) is 31.0 Å². The summed E-state index contributed by atoms with van der Waals surface area (Å²) in [5.41, 5.74) is 4.92. The third kappa shape index (κ3) is 3.56. The topological polar surface area (TPSA) is 58.2 Å². The van der Waals surface area contributed by atoms with Gasteiger partial charge < -0.3 is 10.6 Å². The van der Waals surface area contributed by atoms with E-state index in [1.54, 1.807) is 6.07 Å². The van der Waals surface area contributed by atoms with Crippen molar-refractivity contribution >= 4 is 29.0 Å². The van der Waals surface area contributed by atoms with Crippen molar-refractivity contribution in [3.8, 4) is 0 Å². The highest BCUT2D eigenvalue weighted by atomic mass is 35.5.